The van der Waals surface area contributed by atoms with Crippen molar-refractivity contribution in [2.75, 3.05) is 5.32 Å². The molecule has 3 atom stereocenters. The molecule has 2 amide bonds. The molecule has 1 aromatic carbocycles. The average Bonchev–Trinajstić information content (AvgIpc) is 2.60. The highest BCUT2D eigenvalue weighted by molar-refractivity contribution is 7.84. The molecule has 0 aliphatic heterocycles. The summed E-state index contributed by atoms with van der Waals surface area (Å²) in [4.78, 5) is 12.3. The van der Waals surface area contributed by atoms with Gasteiger partial charge in [-0.05, 0) is 51.8 Å². The van der Waals surface area contributed by atoms with Crippen molar-refractivity contribution in [1.29, 1.82) is 0 Å². The third-order valence-electron chi connectivity index (χ3n) is 4.74. The number of hydrogen-bond donors (Lipinski definition) is 3. The molecule has 12 heteroatoms. The maximum atomic E-state index is 13.0. The van der Waals surface area contributed by atoms with Gasteiger partial charge in [0.2, 0.25) is 0 Å². The normalized spacial score (nSPS) is 21.5. The number of carbonyl (C=O) groups is 1. The highest BCUT2D eigenvalue weighted by Crippen LogP contribution is 2.37. The molecule has 0 heterocycles. The fourth-order valence-corrected chi connectivity index (χ4v) is 4.03. The van der Waals surface area contributed by atoms with E-state index in [1.54, 1.807) is 20.8 Å². The van der Waals surface area contributed by atoms with Gasteiger partial charge >= 0.3 is 18.4 Å². The monoisotopic (exact) mass is 473 g/mol. The van der Waals surface area contributed by atoms with E-state index in [0.29, 0.717) is 25.0 Å². The van der Waals surface area contributed by atoms with Crippen molar-refractivity contribution in [2.24, 2.45) is 0 Å². The first-order chi connectivity index (χ1) is 14.1. The number of anilines is 1. The highest BCUT2D eigenvalue weighted by atomic mass is 32.2. The van der Waals surface area contributed by atoms with Gasteiger partial charge in [-0.2, -0.15) is 26.3 Å². The lowest BCUT2D eigenvalue weighted by molar-refractivity contribution is -0.143. The van der Waals surface area contributed by atoms with Gasteiger partial charge in [0.15, 0.2) is 0 Å². The van der Waals surface area contributed by atoms with Gasteiger partial charge in [-0.1, -0.05) is 12.8 Å². The van der Waals surface area contributed by atoms with Crippen LogP contribution >= 0.6 is 0 Å². The molecule has 3 N–H and O–H groups in total. The van der Waals surface area contributed by atoms with Crippen molar-refractivity contribution in [2.45, 2.75) is 75.6 Å². The van der Waals surface area contributed by atoms with E-state index in [0.717, 1.165) is 12.8 Å². The topological polar surface area (TPSA) is 70.2 Å². The number of carbonyl (C=O) groups excluding carboxylic acids is 1. The minimum Gasteiger partial charge on any atom is -0.334 e. The lowest BCUT2D eigenvalue weighted by Crippen LogP contribution is -2.54. The maximum absolute atomic E-state index is 13.0. The molecule has 1 saturated carbocycles. The lowest BCUT2D eigenvalue weighted by Gasteiger charge is -2.34. The van der Waals surface area contributed by atoms with Crippen molar-refractivity contribution in [3.8, 4) is 0 Å². The predicted molar refractivity (Wildman–Crippen MR) is 106 cm³/mol. The molecule has 176 valence electrons. The summed E-state index contributed by atoms with van der Waals surface area (Å²) >= 11 is 0. The highest BCUT2D eigenvalue weighted by Gasteiger charge is 2.37. The number of urea groups is 1. The smallest absolute Gasteiger partial charge is 0.334 e. The van der Waals surface area contributed by atoms with Gasteiger partial charge in [0.25, 0.3) is 0 Å². The predicted octanol–water partition coefficient (Wildman–Crippen LogP) is 5.21. The number of rotatable bonds is 4. The van der Waals surface area contributed by atoms with Crippen molar-refractivity contribution < 1.29 is 35.3 Å². The third-order valence-corrected chi connectivity index (χ3v) is 6.37. The second-order valence-electron chi connectivity index (χ2n) is 8.39. The van der Waals surface area contributed by atoms with Crippen LogP contribution in [0.15, 0.2) is 18.2 Å². The quantitative estimate of drug-likeness (QED) is 0.526. The fraction of sp³-hybridized carbons (Fsp3) is 0.632. The van der Waals surface area contributed by atoms with Crippen LogP contribution in [0.5, 0.6) is 0 Å². The Morgan fingerprint density at radius 2 is 1.39 bits per heavy atom. The summed E-state index contributed by atoms with van der Waals surface area (Å²) in [6.45, 7) is 5.33. The molecule has 0 aromatic heterocycles. The minimum absolute atomic E-state index is 0.00795. The van der Waals surface area contributed by atoms with Gasteiger partial charge in [0.05, 0.1) is 26.9 Å². The molecule has 2 rings (SSSR count). The van der Waals surface area contributed by atoms with Crippen LogP contribution in [-0.2, 0) is 23.3 Å². The maximum Gasteiger partial charge on any atom is 0.416 e. The molecular formula is C19H25F6N3O2S. The van der Waals surface area contributed by atoms with E-state index in [-0.39, 0.29) is 12.1 Å². The third kappa shape index (κ3) is 7.37. The summed E-state index contributed by atoms with van der Waals surface area (Å²) in [5, 5.41) is 4.65. The summed E-state index contributed by atoms with van der Waals surface area (Å²) in [6.07, 6.45) is -7.26. The molecule has 1 aromatic rings. The number of alkyl halides is 6. The number of nitrogens with one attached hydrogen (secondary N) is 3. The molecule has 1 aliphatic carbocycles. The minimum atomic E-state index is -5.01. The van der Waals surface area contributed by atoms with E-state index >= 15 is 0 Å². The molecule has 31 heavy (non-hydrogen) atoms. The standard InChI is InChI=1S/C19H25F6N3O2S/c1-17(2,3)31(30)28-15-7-5-4-6-14(15)27-16(29)26-13-9-11(18(20,21)22)8-12(10-13)19(23,24)25/h8-10,14-15,28H,4-7H2,1-3H3,(H2,26,27,29)/t14?,15?,31-/m1/s1. The number of benzene rings is 1. The number of amides is 2. The molecule has 1 fully saturated rings. The van der Waals surface area contributed by atoms with Crippen molar-refractivity contribution in [3.05, 3.63) is 29.3 Å². The molecule has 1 aliphatic rings. The second kappa shape index (κ2) is 9.35. The largest absolute Gasteiger partial charge is 0.416 e. The van der Waals surface area contributed by atoms with Gasteiger partial charge in [-0.25, -0.2) is 13.7 Å². The van der Waals surface area contributed by atoms with Gasteiger partial charge in [0.1, 0.15) is 0 Å². The number of hydrogen-bond acceptors (Lipinski definition) is 2. The van der Waals surface area contributed by atoms with E-state index in [2.05, 4.69) is 15.4 Å². The van der Waals surface area contributed by atoms with E-state index in [4.69, 9.17) is 0 Å². The van der Waals surface area contributed by atoms with Gasteiger partial charge in [-0.3, -0.25) is 0 Å². The van der Waals surface area contributed by atoms with Crippen LogP contribution in [0.25, 0.3) is 0 Å². The Hall–Kier alpha value is -1.82. The number of halogens is 6. The zero-order valence-corrected chi connectivity index (χ0v) is 18.0. The van der Waals surface area contributed by atoms with E-state index < -0.39 is 57.0 Å². The molecular weight excluding hydrogens is 448 g/mol. The Morgan fingerprint density at radius 1 is 0.903 bits per heavy atom. The van der Waals surface area contributed by atoms with E-state index in [1.165, 1.54) is 0 Å². The summed E-state index contributed by atoms with van der Waals surface area (Å²) in [6, 6.07) is -0.876. The van der Waals surface area contributed by atoms with Crippen LogP contribution in [0.2, 0.25) is 0 Å². The van der Waals surface area contributed by atoms with E-state index in [9.17, 15) is 35.3 Å². The summed E-state index contributed by atoms with van der Waals surface area (Å²) in [5.41, 5.74) is -3.66. The SMILES string of the molecule is CC(C)(C)[S@@](=O)NC1CCCCC1NC(=O)Nc1cc(C(F)(F)F)cc(C(F)(F)F)c1. The Morgan fingerprint density at radius 3 is 1.84 bits per heavy atom. The fourth-order valence-electron chi connectivity index (χ4n) is 3.12. The summed E-state index contributed by atoms with van der Waals surface area (Å²) < 4.78 is 92.7. The van der Waals surface area contributed by atoms with Crippen molar-refractivity contribution >= 4 is 22.7 Å². The Labute approximate surface area is 178 Å². The summed E-state index contributed by atoms with van der Waals surface area (Å²) in [5.74, 6) is 0. The van der Waals surface area contributed by atoms with Crippen LogP contribution < -0.4 is 15.4 Å². The zero-order valence-electron chi connectivity index (χ0n) is 17.2. The Balaban J connectivity index is 2.16. The van der Waals surface area contributed by atoms with Crippen molar-refractivity contribution in [1.82, 2.24) is 10.0 Å². The van der Waals surface area contributed by atoms with E-state index in [1.807, 2.05) is 0 Å². The molecule has 0 radical (unpaired) electrons. The molecule has 5 nitrogen and oxygen atoms in total. The van der Waals surface area contributed by atoms with Crippen LogP contribution in [0.3, 0.4) is 0 Å². The molecule has 0 spiro atoms. The van der Waals surface area contributed by atoms with Crippen LogP contribution in [0, 0.1) is 0 Å². The zero-order chi connectivity index (χ0) is 23.6. The van der Waals surface area contributed by atoms with Gasteiger partial charge < -0.3 is 10.6 Å². The van der Waals surface area contributed by atoms with Gasteiger partial charge in [-0.15, -0.1) is 0 Å². The van der Waals surface area contributed by atoms with Crippen molar-refractivity contribution in [3.63, 3.8) is 0 Å². The Kier molecular flexibility index (Phi) is 7.68. The van der Waals surface area contributed by atoms with Crippen LogP contribution in [0.4, 0.5) is 36.8 Å². The molecule has 0 saturated heterocycles. The average molecular weight is 473 g/mol. The molecule has 0 bridgehead atoms. The summed E-state index contributed by atoms with van der Waals surface area (Å²) in [7, 11) is -1.41. The van der Waals surface area contributed by atoms with Crippen LogP contribution in [0.1, 0.15) is 57.6 Å². The Bertz CT molecular complexity index is 788. The first kappa shape index (κ1) is 25.4. The van der Waals surface area contributed by atoms with Gasteiger partial charge in [0, 0.05) is 17.8 Å². The first-order valence-corrected chi connectivity index (χ1v) is 10.8. The molecule has 2 unspecified atom stereocenters. The first-order valence-electron chi connectivity index (χ1n) is 9.62. The lowest BCUT2D eigenvalue weighted by atomic mass is 9.91. The van der Waals surface area contributed by atoms with Crippen LogP contribution in [-0.4, -0.2) is 27.1 Å². The second-order valence-corrected chi connectivity index (χ2v) is 10.4.